The van der Waals surface area contributed by atoms with E-state index in [1.165, 1.54) is 5.56 Å². The molecular formula is C68H49N7. The summed E-state index contributed by atoms with van der Waals surface area (Å²) in [5.74, 6) is 3.27. The zero-order valence-electron chi connectivity index (χ0n) is 41.7. The standard InChI is InChI=1S/C68H49N7/c1-44-16-12-25-55(38-44)61-43-63(71-64(70-61)50-19-6-4-7-20-50)57-27-15-24-54(41-57)53-23-14-26-56(40-53)62-42-60(69-67(72-62)58-28-13-17-45(2)39-58)49-34-30-47(31-35-49)48-32-36-52(37-33-48)66-73-65(51-21-8-5-9-22-51)74-68(75-66)59-29-11-10-18-46(59)3/h4-43H,1-3H3. The smallest absolute Gasteiger partial charge is 0.164 e. The van der Waals surface area contributed by atoms with Gasteiger partial charge in [-0.1, -0.05) is 217 Å². The molecule has 7 nitrogen and oxygen atoms in total. The normalized spacial score (nSPS) is 11.1. The van der Waals surface area contributed by atoms with Gasteiger partial charge in [0.25, 0.3) is 0 Å². The van der Waals surface area contributed by atoms with Gasteiger partial charge in [0, 0.05) is 50.1 Å². The van der Waals surface area contributed by atoms with Crippen LogP contribution in [0, 0.1) is 20.8 Å². The Hall–Kier alpha value is -9.85. The van der Waals surface area contributed by atoms with Gasteiger partial charge >= 0.3 is 0 Å². The monoisotopic (exact) mass is 963 g/mol. The molecule has 0 aliphatic rings. The number of hydrogen-bond acceptors (Lipinski definition) is 7. The van der Waals surface area contributed by atoms with Gasteiger partial charge in [-0.25, -0.2) is 34.9 Å². The van der Waals surface area contributed by atoms with Crippen molar-refractivity contribution >= 4 is 0 Å². The Morgan fingerprint density at radius 1 is 0.200 bits per heavy atom. The lowest BCUT2D eigenvalue weighted by atomic mass is 9.97. The summed E-state index contributed by atoms with van der Waals surface area (Å²) in [5.41, 5.74) is 19.9. The molecule has 0 radical (unpaired) electrons. The highest BCUT2D eigenvalue weighted by Crippen LogP contribution is 2.35. The third-order valence-electron chi connectivity index (χ3n) is 13.4. The minimum absolute atomic E-state index is 0.625. The van der Waals surface area contributed by atoms with Crippen molar-refractivity contribution in [2.75, 3.05) is 0 Å². The van der Waals surface area contributed by atoms with Crippen molar-refractivity contribution in [1.82, 2.24) is 34.9 Å². The molecule has 7 heteroatoms. The lowest BCUT2D eigenvalue weighted by molar-refractivity contribution is 1.07. The Balaban J connectivity index is 0.864. The minimum atomic E-state index is 0.625. The maximum absolute atomic E-state index is 5.23. The summed E-state index contributed by atoms with van der Waals surface area (Å²) >= 11 is 0. The summed E-state index contributed by atoms with van der Waals surface area (Å²) in [5, 5.41) is 0. The van der Waals surface area contributed by atoms with E-state index in [2.05, 4.69) is 203 Å². The van der Waals surface area contributed by atoms with Crippen LogP contribution >= 0.6 is 0 Å². The predicted molar refractivity (Wildman–Crippen MR) is 305 cm³/mol. The Bertz CT molecular complexity index is 4020. The van der Waals surface area contributed by atoms with Crippen molar-refractivity contribution in [3.05, 3.63) is 259 Å². The van der Waals surface area contributed by atoms with Crippen LogP contribution in [0.3, 0.4) is 0 Å². The van der Waals surface area contributed by atoms with E-state index in [1.807, 2.05) is 60.7 Å². The van der Waals surface area contributed by atoms with Crippen LogP contribution in [0.25, 0.3) is 124 Å². The van der Waals surface area contributed by atoms with E-state index < -0.39 is 0 Å². The lowest BCUT2D eigenvalue weighted by Crippen LogP contribution is -2.01. The molecule has 9 aromatic carbocycles. The molecule has 0 atom stereocenters. The summed E-state index contributed by atoms with van der Waals surface area (Å²) in [6.07, 6.45) is 0. The first-order valence-electron chi connectivity index (χ1n) is 25.1. The molecule has 0 unspecified atom stereocenters. The van der Waals surface area contributed by atoms with Crippen molar-refractivity contribution in [2.24, 2.45) is 0 Å². The fourth-order valence-electron chi connectivity index (χ4n) is 9.45. The molecule has 0 saturated heterocycles. The highest BCUT2D eigenvalue weighted by Gasteiger charge is 2.17. The highest BCUT2D eigenvalue weighted by atomic mass is 15.0. The molecule has 12 aromatic rings. The molecule has 0 amide bonds. The lowest BCUT2D eigenvalue weighted by Gasteiger charge is -2.12. The van der Waals surface area contributed by atoms with Crippen LogP contribution in [-0.4, -0.2) is 34.9 Å². The molecule has 3 aromatic heterocycles. The summed E-state index contributed by atoms with van der Waals surface area (Å²) < 4.78 is 0. The summed E-state index contributed by atoms with van der Waals surface area (Å²) in [6, 6.07) is 83.7. The van der Waals surface area contributed by atoms with Gasteiger partial charge in [-0.3, -0.25) is 0 Å². The first kappa shape index (κ1) is 46.2. The molecule has 0 spiro atoms. The largest absolute Gasteiger partial charge is 0.228 e. The molecule has 356 valence electrons. The number of benzene rings is 9. The molecule has 12 rings (SSSR count). The number of aryl methyl sites for hydroxylation is 3. The van der Waals surface area contributed by atoms with E-state index in [0.29, 0.717) is 29.1 Å². The molecule has 0 saturated carbocycles. The predicted octanol–water partition coefficient (Wildman–Crippen LogP) is 16.7. The summed E-state index contributed by atoms with van der Waals surface area (Å²) in [7, 11) is 0. The molecule has 0 fully saturated rings. The second kappa shape index (κ2) is 20.3. The zero-order chi connectivity index (χ0) is 50.7. The molecule has 75 heavy (non-hydrogen) atoms. The van der Waals surface area contributed by atoms with Crippen molar-refractivity contribution in [2.45, 2.75) is 20.8 Å². The van der Waals surface area contributed by atoms with Crippen LogP contribution < -0.4 is 0 Å². The molecule has 0 N–H and O–H groups in total. The second-order valence-corrected chi connectivity index (χ2v) is 18.8. The minimum Gasteiger partial charge on any atom is -0.228 e. The van der Waals surface area contributed by atoms with Crippen LogP contribution in [0.4, 0.5) is 0 Å². The quantitative estimate of drug-likeness (QED) is 0.128. The van der Waals surface area contributed by atoms with Crippen molar-refractivity contribution in [3.8, 4) is 124 Å². The van der Waals surface area contributed by atoms with Gasteiger partial charge in [-0.05, 0) is 85.0 Å². The molecule has 0 bridgehead atoms. The van der Waals surface area contributed by atoms with Crippen molar-refractivity contribution in [3.63, 3.8) is 0 Å². The van der Waals surface area contributed by atoms with Crippen LogP contribution in [0.2, 0.25) is 0 Å². The topological polar surface area (TPSA) is 90.2 Å². The first-order chi connectivity index (χ1) is 36.8. The van der Waals surface area contributed by atoms with Crippen LogP contribution in [-0.2, 0) is 0 Å². The van der Waals surface area contributed by atoms with Gasteiger partial charge in [0.2, 0.25) is 0 Å². The Morgan fingerprint density at radius 3 is 1.04 bits per heavy atom. The van der Waals surface area contributed by atoms with Crippen LogP contribution in [0.15, 0.2) is 243 Å². The third kappa shape index (κ3) is 10.0. The van der Waals surface area contributed by atoms with E-state index in [9.17, 15) is 0 Å². The maximum atomic E-state index is 5.23. The van der Waals surface area contributed by atoms with E-state index in [0.717, 1.165) is 106 Å². The Labute approximate surface area is 437 Å². The zero-order valence-corrected chi connectivity index (χ0v) is 41.7. The number of rotatable bonds is 11. The van der Waals surface area contributed by atoms with Crippen molar-refractivity contribution < 1.29 is 0 Å². The van der Waals surface area contributed by atoms with Gasteiger partial charge < -0.3 is 0 Å². The molecule has 0 aliphatic carbocycles. The Morgan fingerprint density at radius 2 is 0.533 bits per heavy atom. The van der Waals surface area contributed by atoms with Crippen LogP contribution in [0.5, 0.6) is 0 Å². The third-order valence-corrected chi connectivity index (χ3v) is 13.4. The van der Waals surface area contributed by atoms with Gasteiger partial charge in [-0.15, -0.1) is 0 Å². The number of nitrogens with zero attached hydrogens (tertiary/aromatic N) is 7. The van der Waals surface area contributed by atoms with E-state index in [4.69, 9.17) is 34.9 Å². The van der Waals surface area contributed by atoms with Gasteiger partial charge in [0.15, 0.2) is 29.1 Å². The highest BCUT2D eigenvalue weighted by molar-refractivity contribution is 5.80. The summed E-state index contributed by atoms with van der Waals surface area (Å²) in [4.78, 5) is 35.5. The number of hydrogen-bond donors (Lipinski definition) is 0. The van der Waals surface area contributed by atoms with Gasteiger partial charge in [0.1, 0.15) is 0 Å². The molecule has 3 heterocycles. The fourth-order valence-corrected chi connectivity index (χ4v) is 9.45. The first-order valence-corrected chi connectivity index (χ1v) is 25.1. The molecule has 0 aliphatic heterocycles. The second-order valence-electron chi connectivity index (χ2n) is 18.8. The average Bonchev–Trinajstić information content (AvgIpc) is 3.48. The fraction of sp³-hybridized carbons (Fsp3) is 0.0441. The van der Waals surface area contributed by atoms with Gasteiger partial charge in [-0.2, -0.15) is 0 Å². The summed E-state index contributed by atoms with van der Waals surface area (Å²) in [6.45, 7) is 6.29. The van der Waals surface area contributed by atoms with Crippen LogP contribution in [0.1, 0.15) is 16.7 Å². The SMILES string of the molecule is Cc1cccc(-c2cc(-c3cccc(-c4cccc(-c5cc(-c6ccc(-c7ccc(-c8nc(-c9ccccc9)nc(-c9ccccc9C)n8)cc7)cc6)nc(-c6cccc(C)c6)n5)c4)c3)nc(-c3ccccc3)n2)c1. The number of aromatic nitrogens is 7. The van der Waals surface area contributed by atoms with E-state index >= 15 is 0 Å². The van der Waals surface area contributed by atoms with E-state index in [1.54, 1.807) is 0 Å². The Kier molecular flexibility index (Phi) is 12.5. The molecular weight excluding hydrogens is 915 g/mol. The van der Waals surface area contributed by atoms with Gasteiger partial charge in [0.05, 0.1) is 22.8 Å². The maximum Gasteiger partial charge on any atom is 0.164 e. The average molecular weight is 964 g/mol. The van der Waals surface area contributed by atoms with E-state index in [-0.39, 0.29) is 0 Å². The van der Waals surface area contributed by atoms with Crippen molar-refractivity contribution in [1.29, 1.82) is 0 Å².